The molecule has 3 N–H and O–H groups in total. The number of hydrogen-bond donors (Lipinski definition) is 2. The van der Waals surface area contributed by atoms with Crippen LogP contribution in [0.1, 0.15) is 23.0 Å². The number of aromatic nitrogens is 4. The van der Waals surface area contributed by atoms with Crippen molar-refractivity contribution in [1.82, 2.24) is 25.4 Å². The summed E-state index contributed by atoms with van der Waals surface area (Å²) in [6, 6.07) is 3.88. The van der Waals surface area contributed by atoms with Crippen LogP contribution in [0.5, 0.6) is 0 Å². The highest BCUT2D eigenvalue weighted by Gasteiger charge is 2.15. The third-order valence-electron chi connectivity index (χ3n) is 2.64. The molecule has 0 aliphatic carbocycles. The van der Waals surface area contributed by atoms with Crippen LogP contribution >= 0.6 is 0 Å². The molecule has 0 aliphatic heterocycles. The van der Waals surface area contributed by atoms with E-state index in [0.717, 1.165) is 17.0 Å². The first-order valence-corrected chi connectivity index (χ1v) is 5.43. The molecule has 0 bridgehead atoms. The van der Waals surface area contributed by atoms with Crippen molar-refractivity contribution >= 4 is 0 Å². The van der Waals surface area contributed by atoms with Crippen molar-refractivity contribution in [1.29, 1.82) is 0 Å². The van der Waals surface area contributed by atoms with Gasteiger partial charge in [-0.15, -0.1) is 5.10 Å². The molecule has 2 aromatic rings. The van der Waals surface area contributed by atoms with Gasteiger partial charge in [0.25, 0.3) is 0 Å². The summed E-state index contributed by atoms with van der Waals surface area (Å²) in [4.78, 5) is 4.35. The highest BCUT2D eigenvalue weighted by molar-refractivity contribution is 5.22. The van der Waals surface area contributed by atoms with Crippen molar-refractivity contribution in [2.45, 2.75) is 19.4 Å². The molecule has 0 spiro atoms. The van der Waals surface area contributed by atoms with Crippen LogP contribution in [0.25, 0.3) is 0 Å². The Bertz CT molecular complexity index is 492. The van der Waals surface area contributed by atoms with Crippen LogP contribution in [0.2, 0.25) is 0 Å². The third kappa shape index (κ3) is 2.66. The van der Waals surface area contributed by atoms with E-state index < -0.39 is 0 Å². The molecule has 0 radical (unpaired) electrons. The average molecular weight is 232 g/mol. The van der Waals surface area contributed by atoms with Crippen molar-refractivity contribution in [3.63, 3.8) is 0 Å². The first-order chi connectivity index (χ1) is 8.20. The van der Waals surface area contributed by atoms with Gasteiger partial charge in [-0.3, -0.25) is 20.9 Å². The fourth-order valence-corrected chi connectivity index (χ4v) is 1.80. The predicted octanol–water partition coefficient (Wildman–Crippen LogP) is 0.266. The second-order valence-corrected chi connectivity index (χ2v) is 4.01. The fourth-order valence-electron chi connectivity index (χ4n) is 1.80. The van der Waals surface area contributed by atoms with Gasteiger partial charge in [0.2, 0.25) is 0 Å². The number of rotatable bonds is 4. The Kier molecular flexibility index (Phi) is 3.46. The van der Waals surface area contributed by atoms with E-state index in [2.05, 4.69) is 20.7 Å². The monoisotopic (exact) mass is 232 g/mol. The minimum atomic E-state index is -0.0482. The number of hydrazine groups is 1. The molecule has 6 heteroatoms. The van der Waals surface area contributed by atoms with Gasteiger partial charge in [0.05, 0.1) is 17.4 Å². The van der Waals surface area contributed by atoms with Crippen molar-refractivity contribution in [3.8, 4) is 0 Å². The molecule has 0 saturated carbocycles. The van der Waals surface area contributed by atoms with E-state index in [-0.39, 0.29) is 6.04 Å². The number of hydrogen-bond acceptors (Lipinski definition) is 5. The van der Waals surface area contributed by atoms with E-state index >= 15 is 0 Å². The summed E-state index contributed by atoms with van der Waals surface area (Å²) in [5.74, 6) is 5.58. The molecule has 0 aliphatic rings. The third-order valence-corrected chi connectivity index (χ3v) is 2.64. The average Bonchev–Trinajstić information content (AvgIpc) is 2.73. The first kappa shape index (κ1) is 11.7. The van der Waals surface area contributed by atoms with E-state index in [1.54, 1.807) is 10.9 Å². The lowest BCUT2D eigenvalue weighted by molar-refractivity contribution is 0.529. The van der Waals surface area contributed by atoms with Crippen LogP contribution in [0.4, 0.5) is 0 Å². The lowest BCUT2D eigenvalue weighted by atomic mass is 10.0. The second kappa shape index (κ2) is 5.03. The molecule has 2 aromatic heterocycles. The fraction of sp³-hybridized carbons (Fsp3) is 0.364. The summed E-state index contributed by atoms with van der Waals surface area (Å²) in [7, 11) is 1.84. The summed E-state index contributed by atoms with van der Waals surface area (Å²) in [5, 5.41) is 7.95. The summed E-state index contributed by atoms with van der Waals surface area (Å²) < 4.78 is 1.67. The molecule has 90 valence electrons. The minimum absolute atomic E-state index is 0.0482. The van der Waals surface area contributed by atoms with Crippen molar-refractivity contribution in [3.05, 3.63) is 41.5 Å². The van der Waals surface area contributed by atoms with Gasteiger partial charge in [-0.05, 0) is 18.6 Å². The molecular formula is C11H16N6. The zero-order valence-electron chi connectivity index (χ0n) is 9.96. The second-order valence-electron chi connectivity index (χ2n) is 4.01. The van der Waals surface area contributed by atoms with Gasteiger partial charge in [-0.25, -0.2) is 0 Å². The Labute approximate surface area is 99.8 Å². The topological polar surface area (TPSA) is 81.7 Å². The van der Waals surface area contributed by atoms with Gasteiger partial charge in [-0.1, -0.05) is 11.3 Å². The standard InChI is InChI=1S/C11H16N6/c1-8-4-3-5-13-11(8)10(14-12)6-9-7-17(2)16-15-9/h3-5,7,10,14H,6,12H2,1-2H3. The van der Waals surface area contributed by atoms with E-state index in [0.29, 0.717) is 6.42 Å². The summed E-state index contributed by atoms with van der Waals surface area (Å²) in [5.41, 5.74) is 5.72. The number of pyridine rings is 1. The van der Waals surface area contributed by atoms with Gasteiger partial charge in [0.1, 0.15) is 0 Å². The predicted molar refractivity (Wildman–Crippen MR) is 63.7 cm³/mol. The van der Waals surface area contributed by atoms with Crippen molar-refractivity contribution < 1.29 is 0 Å². The summed E-state index contributed by atoms with van der Waals surface area (Å²) in [6.45, 7) is 2.02. The smallest absolute Gasteiger partial charge is 0.0847 e. The Hall–Kier alpha value is -1.79. The van der Waals surface area contributed by atoms with Gasteiger partial charge >= 0.3 is 0 Å². The molecule has 0 fully saturated rings. The molecule has 6 nitrogen and oxygen atoms in total. The molecule has 0 amide bonds. The highest BCUT2D eigenvalue weighted by Crippen LogP contribution is 2.17. The molecule has 1 atom stereocenters. The number of aryl methyl sites for hydroxylation is 2. The maximum Gasteiger partial charge on any atom is 0.0847 e. The van der Waals surface area contributed by atoms with E-state index in [9.17, 15) is 0 Å². The van der Waals surface area contributed by atoms with E-state index in [1.165, 1.54) is 0 Å². The normalized spacial score (nSPS) is 12.6. The van der Waals surface area contributed by atoms with E-state index in [4.69, 9.17) is 5.84 Å². The summed E-state index contributed by atoms with van der Waals surface area (Å²) in [6.07, 6.45) is 4.31. The first-order valence-electron chi connectivity index (χ1n) is 5.43. The van der Waals surface area contributed by atoms with Crippen LogP contribution in [0.3, 0.4) is 0 Å². The molecule has 2 heterocycles. The molecule has 0 saturated heterocycles. The maximum absolute atomic E-state index is 5.58. The molecule has 2 rings (SSSR count). The highest BCUT2D eigenvalue weighted by atomic mass is 15.4. The Balaban J connectivity index is 2.20. The maximum atomic E-state index is 5.58. The van der Waals surface area contributed by atoms with Gasteiger partial charge in [-0.2, -0.15) is 0 Å². The zero-order chi connectivity index (χ0) is 12.3. The Morgan fingerprint density at radius 2 is 2.35 bits per heavy atom. The van der Waals surface area contributed by atoms with Crippen LogP contribution in [-0.4, -0.2) is 20.0 Å². The van der Waals surface area contributed by atoms with E-state index in [1.807, 2.05) is 32.3 Å². The van der Waals surface area contributed by atoms with Gasteiger partial charge in [0.15, 0.2) is 0 Å². The van der Waals surface area contributed by atoms with Gasteiger partial charge in [0, 0.05) is 25.9 Å². The lowest BCUT2D eigenvalue weighted by Crippen LogP contribution is -2.31. The number of nitrogens with one attached hydrogen (secondary N) is 1. The molecule has 0 aromatic carbocycles. The Morgan fingerprint density at radius 1 is 1.53 bits per heavy atom. The lowest BCUT2D eigenvalue weighted by Gasteiger charge is -2.15. The zero-order valence-corrected chi connectivity index (χ0v) is 9.96. The minimum Gasteiger partial charge on any atom is -0.271 e. The van der Waals surface area contributed by atoms with Crippen molar-refractivity contribution in [2.24, 2.45) is 12.9 Å². The SMILES string of the molecule is Cc1cccnc1C(Cc1cn(C)nn1)NN. The Morgan fingerprint density at radius 3 is 2.94 bits per heavy atom. The molecule has 1 unspecified atom stereocenters. The quantitative estimate of drug-likeness (QED) is 0.584. The van der Waals surface area contributed by atoms with Gasteiger partial charge < -0.3 is 0 Å². The van der Waals surface area contributed by atoms with Crippen LogP contribution in [0, 0.1) is 6.92 Å². The number of nitrogens with zero attached hydrogens (tertiary/aromatic N) is 4. The molecular weight excluding hydrogens is 216 g/mol. The van der Waals surface area contributed by atoms with Crippen LogP contribution in [0.15, 0.2) is 24.5 Å². The van der Waals surface area contributed by atoms with Crippen molar-refractivity contribution in [2.75, 3.05) is 0 Å². The molecule has 17 heavy (non-hydrogen) atoms. The van der Waals surface area contributed by atoms with Crippen LogP contribution < -0.4 is 11.3 Å². The summed E-state index contributed by atoms with van der Waals surface area (Å²) >= 11 is 0. The van der Waals surface area contributed by atoms with Crippen LogP contribution in [-0.2, 0) is 13.5 Å². The number of nitrogens with two attached hydrogens (primary N) is 1. The largest absolute Gasteiger partial charge is 0.271 e.